The number of morpholine rings is 1. The fourth-order valence-corrected chi connectivity index (χ4v) is 1.95. The van der Waals surface area contributed by atoms with Gasteiger partial charge in [-0.05, 0) is 36.2 Å². The van der Waals surface area contributed by atoms with Gasteiger partial charge >= 0.3 is 0 Å². The SMILES string of the molecule is C1COCCN1.CC(O)CON=C=CCc1cccnc1.CCCCCCl. The van der Waals surface area contributed by atoms with Crippen LogP contribution in [-0.2, 0) is 16.0 Å². The molecule has 0 aromatic carbocycles. The minimum Gasteiger partial charge on any atom is -0.390 e. The summed E-state index contributed by atoms with van der Waals surface area (Å²) < 4.78 is 5.01. The van der Waals surface area contributed by atoms with Crippen molar-refractivity contribution in [3.8, 4) is 0 Å². The first kappa shape index (κ1) is 25.6. The maximum absolute atomic E-state index is 8.86. The molecule has 0 radical (unpaired) electrons. The van der Waals surface area contributed by atoms with Gasteiger partial charge in [-0.3, -0.25) is 4.98 Å². The summed E-state index contributed by atoms with van der Waals surface area (Å²) in [5, 5.41) is 15.6. The van der Waals surface area contributed by atoms with E-state index in [4.69, 9.17) is 26.3 Å². The molecule has 27 heavy (non-hydrogen) atoms. The molecule has 1 unspecified atom stereocenters. The summed E-state index contributed by atoms with van der Waals surface area (Å²) in [7, 11) is 0. The van der Waals surface area contributed by atoms with Crippen LogP contribution in [0, 0.1) is 0 Å². The first-order chi connectivity index (χ1) is 13.2. The Morgan fingerprint density at radius 3 is 2.67 bits per heavy atom. The first-order valence-corrected chi connectivity index (χ1v) is 10.0. The predicted octanol–water partition coefficient (Wildman–Crippen LogP) is 3.18. The fraction of sp³-hybridized carbons (Fsp3) is 0.650. The molecule has 7 heteroatoms. The van der Waals surface area contributed by atoms with E-state index in [9.17, 15) is 0 Å². The quantitative estimate of drug-likeness (QED) is 0.304. The molecule has 1 aliphatic rings. The van der Waals surface area contributed by atoms with Crippen LogP contribution < -0.4 is 5.32 Å². The van der Waals surface area contributed by atoms with Crippen molar-refractivity contribution in [1.82, 2.24) is 10.3 Å². The summed E-state index contributed by atoms with van der Waals surface area (Å²) in [5.41, 5.74) is 1.09. The molecule has 1 fully saturated rings. The number of aliphatic hydroxyl groups is 1. The van der Waals surface area contributed by atoms with Crippen molar-refractivity contribution in [3.63, 3.8) is 0 Å². The molecule has 0 bridgehead atoms. The number of aromatic nitrogens is 1. The molecule has 2 rings (SSSR count). The van der Waals surface area contributed by atoms with Crippen molar-refractivity contribution in [3.05, 3.63) is 36.2 Å². The molecular weight excluding hydrogens is 366 g/mol. The third-order valence-corrected chi connectivity index (χ3v) is 3.44. The molecule has 2 N–H and O–H groups in total. The van der Waals surface area contributed by atoms with Gasteiger partial charge in [0.05, 0.1) is 19.3 Å². The maximum atomic E-state index is 8.86. The second kappa shape index (κ2) is 20.9. The van der Waals surface area contributed by atoms with Crippen LogP contribution in [0.4, 0.5) is 0 Å². The molecule has 6 nitrogen and oxygen atoms in total. The molecule has 154 valence electrons. The zero-order valence-corrected chi connectivity index (χ0v) is 17.3. The van der Waals surface area contributed by atoms with Crippen molar-refractivity contribution in [2.75, 3.05) is 38.8 Å². The number of allylic oxidation sites excluding steroid dienone is 1. The lowest BCUT2D eigenvalue weighted by Crippen LogP contribution is -2.30. The molecule has 0 spiro atoms. The van der Waals surface area contributed by atoms with Gasteiger partial charge in [-0.15, -0.1) is 11.6 Å². The summed E-state index contributed by atoms with van der Waals surface area (Å²) in [5.74, 6) is 3.46. The standard InChI is InChI=1S/C11H14N2O2.C5H11Cl.C4H9NO/c1-10(14)9-15-13-7-3-5-11-4-2-6-12-8-11;1-2-3-4-5-6;1-3-6-4-2-5-1/h2-4,6,8,10,14H,5,9H2,1H3;2-5H2,1H3;5H,1-4H2. The third-order valence-electron chi connectivity index (χ3n) is 3.17. The largest absolute Gasteiger partial charge is 0.390 e. The van der Waals surface area contributed by atoms with Gasteiger partial charge in [0, 0.05) is 43.7 Å². The number of rotatable bonds is 8. The Balaban J connectivity index is 0.000000461. The number of aliphatic hydroxyl groups excluding tert-OH is 1. The number of hydrogen-bond donors (Lipinski definition) is 2. The van der Waals surface area contributed by atoms with Gasteiger partial charge in [-0.1, -0.05) is 25.8 Å². The maximum Gasteiger partial charge on any atom is 0.143 e. The van der Waals surface area contributed by atoms with Gasteiger partial charge in [-0.25, -0.2) is 0 Å². The van der Waals surface area contributed by atoms with Crippen molar-refractivity contribution in [2.45, 2.75) is 45.6 Å². The molecular formula is C20H34ClN3O3. The lowest BCUT2D eigenvalue weighted by atomic mass is 10.2. The fourth-order valence-electron chi connectivity index (χ4n) is 1.76. The smallest absolute Gasteiger partial charge is 0.143 e. The van der Waals surface area contributed by atoms with Crippen molar-refractivity contribution >= 4 is 17.5 Å². The van der Waals surface area contributed by atoms with E-state index in [0.29, 0.717) is 0 Å². The number of alkyl halides is 1. The molecule has 1 atom stereocenters. The van der Waals surface area contributed by atoms with Crippen LogP contribution in [0.1, 0.15) is 38.7 Å². The Kier molecular flexibility index (Phi) is 19.8. The Hall–Kier alpha value is -1.43. The number of nitrogens with zero attached hydrogens (tertiary/aromatic N) is 2. The summed E-state index contributed by atoms with van der Waals surface area (Å²) >= 11 is 5.38. The van der Waals surface area contributed by atoms with E-state index in [1.54, 1.807) is 25.4 Å². The number of ether oxygens (including phenoxy) is 1. The highest BCUT2D eigenvalue weighted by molar-refractivity contribution is 6.17. The highest BCUT2D eigenvalue weighted by atomic mass is 35.5. The van der Waals surface area contributed by atoms with Crippen LogP contribution >= 0.6 is 11.6 Å². The van der Waals surface area contributed by atoms with E-state index in [1.165, 1.54) is 19.3 Å². The van der Waals surface area contributed by atoms with Crippen molar-refractivity contribution in [1.29, 1.82) is 0 Å². The Morgan fingerprint density at radius 2 is 2.22 bits per heavy atom. The zero-order valence-electron chi connectivity index (χ0n) is 16.6. The van der Waals surface area contributed by atoms with Gasteiger partial charge in [0.2, 0.25) is 0 Å². The monoisotopic (exact) mass is 399 g/mol. The minimum atomic E-state index is -0.506. The second-order valence-corrected chi connectivity index (χ2v) is 6.27. The Labute approximate surface area is 168 Å². The van der Waals surface area contributed by atoms with E-state index >= 15 is 0 Å². The average Bonchev–Trinajstić information content (AvgIpc) is 2.72. The van der Waals surface area contributed by atoms with Gasteiger partial charge in [0.15, 0.2) is 0 Å². The molecule has 1 saturated heterocycles. The highest BCUT2D eigenvalue weighted by Crippen LogP contribution is 1.96. The lowest BCUT2D eigenvalue weighted by molar-refractivity contribution is 0.0511. The van der Waals surface area contributed by atoms with Crippen LogP contribution in [0.15, 0.2) is 35.8 Å². The van der Waals surface area contributed by atoms with Gasteiger partial charge in [0.1, 0.15) is 6.61 Å². The van der Waals surface area contributed by atoms with E-state index in [0.717, 1.165) is 44.2 Å². The molecule has 0 aliphatic carbocycles. The second-order valence-electron chi connectivity index (χ2n) is 5.89. The highest BCUT2D eigenvalue weighted by Gasteiger charge is 1.93. The van der Waals surface area contributed by atoms with Crippen LogP contribution in [0.3, 0.4) is 0 Å². The van der Waals surface area contributed by atoms with Gasteiger partial charge in [-0.2, -0.15) is 0 Å². The number of halogens is 1. The van der Waals surface area contributed by atoms with Crippen LogP contribution in [0.5, 0.6) is 0 Å². The lowest BCUT2D eigenvalue weighted by Gasteiger charge is -2.10. The normalized spacial score (nSPS) is 13.6. The summed E-state index contributed by atoms with van der Waals surface area (Å²) in [6.07, 6.45) is 9.21. The Morgan fingerprint density at radius 1 is 1.44 bits per heavy atom. The van der Waals surface area contributed by atoms with E-state index < -0.39 is 6.10 Å². The summed E-state index contributed by atoms with van der Waals surface area (Å²) in [4.78, 5) is 8.73. The zero-order chi connectivity index (χ0) is 20.0. The third kappa shape index (κ3) is 20.7. The van der Waals surface area contributed by atoms with Gasteiger partial charge < -0.3 is 20.0 Å². The van der Waals surface area contributed by atoms with E-state index in [-0.39, 0.29) is 6.61 Å². The topological polar surface area (TPSA) is 76.0 Å². The summed E-state index contributed by atoms with van der Waals surface area (Å²) in [6.45, 7) is 7.83. The number of nitrogens with one attached hydrogen (secondary N) is 1. The van der Waals surface area contributed by atoms with Crippen LogP contribution in [0.2, 0.25) is 0 Å². The number of pyridine rings is 1. The van der Waals surface area contributed by atoms with Crippen molar-refractivity contribution in [2.24, 2.45) is 5.16 Å². The average molecular weight is 400 g/mol. The number of unbranched alkanes of at least 4 members (excludes halogenated alkanes) is 2. The van der Waals surface area contributed by atoms with Gasteiger partial charge in [0.25, 0.3) is 0 Å². The predicted molar refractivity (Wildman–Crippen MR) is 112 cm³/mol. The minimum absolute atomic E-state index is 0.188. The molecule has 1 aliphatic heterocycles. The van der Waals surface area contributed by atoms with Crippen LogP contribution in [0.25, 0.3) is 0 Å². The van der Waals surface area contributed by atoms with Crippen molar-refractivity contribution < 1.29 is 14.7 Å². The summed E-state index contributed by atoms with van der Waals surface area (Å²) in [6, 6.07) is 3.85. The van der Waals surface area contributed by atoms with E-state index in [2.05, 4.69) is 28.3 Å². The van der Waals surface area contributed by atoms with Crippen LogP contribution in [-0.4, -0.2) is 60.9 Å². The molecule has 0 saturated carbocycles. The number of hydrogen-bond acceptors (Lipinski definition) is 6. The van der Waals surface area contributed by atoms with E-state index in [1.807, 2.05) is 12.1 Å². The Bertz CT molecular complexity index is 461. The molecule has 2 heterocycles. The molecule has 1 aromatic heterocycles. The molecule has 0 amide bonds. The first-order valence-electron chi connectivity index (χ1n) is 9.51. The molecule has 1 aromatic rings.